The van der Waals surface area contributed by atoms with E-state index in [2.05, 4.69) is 10.3 Å². The molecule has 2 heterocycles. The van der Waals surface area contributed by atoms with Crippen LogP contribution in [0.5, 0.6) is 0 Å². The molecular weight excluding hydrogens is 206 g/mol. The van der Waals surface area contributed by atoms with Crippen molar-refractivity contribution in [2.45, 2.75) is 25.9 Å². The van der Waals surface area contributed by atoms with Gasteiger partial charge >= 0.3 is 0 Å². The average molecular weight is 221 g/mol. The molecule has 86 valence electrons. The van der Waals surface area contributed by atoms with Crippen molar-refractivity contribution < 1.29 is 9.52 Å². The molecule has 0 radical (unpaired) electrons. The second kappa shape index (κ2) is 4.49. The van der Waals surface area contributed by atoms with Gasteiger partial charge in [-0.15, -0.1) is 5.10 Å². The highest BCUT2D eigenvalue weighted by Gasteiger charge is 2.14. The summed E-state index contributed by atoms with van der Waals surface area (Å²) in [6.07, 6.45) is 2.38. The molecule has 0 aliphatic rings. The van der Waals surface area contributed by atoms with Gasteiger partial charge < -0.3 is 9.52 Å². The fraction of sp³-hybridized carbons (Fsp3) is 0.455. The summed E-state index contributed by atoms with van der Waals surface area (Å²) in [5.41, 5.74) is 0.754. The summed E-state index contributed by atoms with van der Waals surface area (Å²) in [6, 6.07) is 3.69. The van der Waals surface area contributed by atoms with Gasteiger partial charge in [-0.05, 0) is 12.1 Å². The van der Waals surface area contributed by atoms with Gasteiger partial charge in [-0.1, -0.05) is 12.1 Å². The summed E-state index contributed by atoms with van der Waals surface area (Å²) in [5.74, 6) is 1.47. The monoisotopic (exact) mass is 221 g/mol. The minimum absolute atomic E-state index is 0.421. The van der Waals surface area contributed by atoms with Crippen LogP contribution in [0.25, 0.3) is 0 Å². The van der Waals surface area contributed by atoms with Crippen LogP contribution >= 0.6 is 0 Å². The third-order valence-corrected chi connectivity index (χ3v) is 2.41. The third kappa shape index (κ3) is 2.30. The first-order chi connectivity index (χ1) is 7.69. The Morgan fingerprint density at radius 1 is 1.50 bits per heavy atom. The number of aliphatic hydroxyl groups excluding tert-OH is 1. The number of aliphatic hydroxyl groups is 1. The van der Waals surface area contributed by atoms with E-state index in [0.717, 1.165) is 17.9 Å². The van der Waals surface area contributed by atoms with Crippen molar-refractivity contribution in [3.05, 3.63) is 35.5 Å². The van der Waals surface area contributed by atoms with E-state index in [1.807, 2.05) is 13.0 Å². The highest BCUT2D eigenvalue weighted by Crippen LogP contribution is 2.19. The van der Waals surface area contributed by atoms with Crippen LogP contribution in [0.2, 0.25) is 0 Å². The molecule has 1 N–H and O–H groups in total. The van der Waals surface area contributed by atoms with E-state index in [1.165, 1.54) is 0 Å². The Morgan fingerprint density at radius 2 is 2.31 bits per heavy atom. The van der Waals surface area contributed by atoms with Gasteiger partial charge in [-0.25, -0.2) is 0 Å². The zero-order chi connectivity index (χ0) is 11.5. The predicted molar refractivity (Wildman–Crippen MR) is 57.8 cm³/mol. The summed E-state index contributed by atoms with van der Waals surface area (Å²) in [4.78, 5) is 0. The van der Waals surface area contributed by atoms with Crippen LogP contribution in [0, 0.1) is 0 Å². The maximum atomic E-state index is 9.92. The van der Waals surface area contributed by atoms with Crippen molar-refractivity contribution in [3.63, 3.8) is 0 Å². The van der Waals surface area contributed by atoms with Crippen molar-refractivity contribution in [2.24, 2.45) is 7.05 Å². The quantitative estimate of drug-likeness (QED) is 0.843. The Balaban J connectivity index is 2.05. The van der Waals surface area contributed by atoms with E-state index in [4.69, 9.17) is 4.42 Å². The van der Waals surface area contributed by atoms with E-state index in [-0.39, 0.29) is 0 Å². The molecule has 0 amide bonds. The number of hydrogen-bond acceptors (Lipinski definition) is 4. The highest BCUT2D eigenvalue weighted by atomic mass is 16.4. The topological polar surface area (TPSA) is 64.1 Å². The van der Waals surface area contributed by atoms with Crippen molar-refractivity contribution in [1.29, 1.82) is 0 Å². The summed E-state index contributed by atoms with van der Waals surface area (Å²) in [6.45, 7) is 2.01. The number of aryl methyl sites for hydroxylation is 2. The van der Waals surface area contributed by atoms with Crippen molar-refractivity contribution in [3.8, 4) is 0 Å². The lowest BCUT2D eigenvalue weighted by Crippen LogP contribution is -2.00. The molecule has 0 bridgehead atoms. The Labute approximate surface area is 93.7 Å². The second-order valence-corrected chi connectivity index (χ2v) is 3.76. The fourth-order valence-corrected chi connectivity index (χ4v) is 1.55. The van der Waals surface area contributed by atoms with Gasteiger partial charge in [0.05, 0.1) is 5.69 Å². The first-order valence-electron chi connectivity index (χ1n) is 5.31. The van der Waals surface area contributed by atoms with Crippen molar-refractivity contribution >= 4 is 0 Å². The third-order valence-electron chi connectivity index (χ3n) is 2.41. The molecular formula is C11H15N3O2. The lowest BCUT2D eigenvalue weighted by Gasteiger charge is -2.04. The normalized spacial score (nSPS) is 12.9. The van der Waals surface area contributed by atoms with E-state index >= 15 is 0 Å². The van der Waals surface area contributed by atoms with Gasteiger partial charge in [0.2, 0.25) is 0 Å². The Hall–Kier alpha value is -1.62. The molecule has 16 heavy (non-hydrogen) atoms. The highest BCUT2D eigenvalue weighted by molar-refractivity contribution is 5.11. The van der Waals surface area contributed by atoms with Crippen LogP contribution in [0.1, 0.15) is 30.2 Å². The molecule has 0 fully saturated rings. The van der Waals surface area contributed by atoms with Gasteiger partial charge in [0.1, 0.15) is 17.6 Å². The molecule has 0 spiro atoms. The first kappa shape index (κ1) is 10.9. The number of rotatable bonds is 4. The first-order valence-corrected chi connectivity index (χ1v) is 5.31. The Morgan fingerprint density at radius 3 is 2.88 bits per heavy atom. The number of nitrogens with zero attached hydrogens (tertiary/aromatic N) is 3. The van der Waals surface area contributed by atoms with Crippen LogP contribution in [-0.4, -0.2) is 20.1 Å². The summed E-state index contributed by atoms with van der Waals surface area (Å²) < 4.78 is 7.08. The minimum atomic E-state index is -0.656. The summed E-state index contributed by atoms with van der Waals surface area (Å²) in [5, 5.41) is 17.7. The molecule has 0 saturated carbocycles. The molecule has 5 heteroatoms. The largest absolute Gasteiger partial charge is 0.463 e. The molecule has 0 aliphatic carbocycles. The Kier molecular flexibility index (Phi) is 3.05. The van der Waals surface area contributed by atoms with Crippen LogP contribution < -0.4 is 0 Å². The van der Waals surface area contributed by atoms with E-state index in [1.54, 1.807) is 24.0 Å². The fourth-order valence-electron chi connectivity index (χ4n) is 1.55. The minimum Gasteiger partial charge on any atom is -0.463 e. The van der Waals surface area contributed by atoms with Gasteiger partial charge in [0.25, 0.3) is 0 Å². The molecule has 0 aromatic carbocycles. The molecule has 1 atom stereocenters. The maximum Gasteiger partial charge on any atom is 0.133 e. The van der Waals surface area contributed by atoms with Gasteiger partial charge in [-0.2, -0.15) is 0 Å². The second-order valence-electron chi connectivity index (χ2n) is 3.76. The number of hydrogen-bond donors (Lipinski definition) is 1. The number of aromatic nitrogens is 3. The summed E-state index contributed by atoms with van der Waals surface area (Å²) in [7, 11) is 1.80. The lowest BCUT2D eigenvalue weighted by molar-refractivity contribution is 0.147. The molecule has 5 nitrogen and oxygen atoms in total. The molecule has 2 aromatic heterocycles. The van der Waals surface area contributed by atoms with Crippen molar-refractivity contribution in [2.75, 3.05) is 0 Å². The molecule has 2 rings (SSSR count). The van der Waals surface area contributed by atoms with Crippen LogP contribution in [-0.2, 0) is 19.9 Å². The number of furan rings is 1. The van der Waals surface area contributed by atoms with E-state index in [0.29, 0.717) is 12.2 Å². The van der Waals surface area contributed by atoms with Gasteiger partial charge in [0.15, 0.2) is 0 Å². The van der Waals surface area contributed by atoms with Gasteiger partial charge in [-0.3, -0.25) is 4.68 Å². The standard InChI is InChI=1S/C11H15N3O2/c1-3-9-4-5-11(16-9)10(15)6-8-7-14(2)13-12-8/h4-5,7,10,15H,3,6H2,1-2H3. The zero-order valence-corrected chi connectivity index (χ0v) is 9.42. The lowest BCUT2D eigenvalue weighted by atomic mass is 10.1. The molecule has 1 unspecified atom stereocenters. The smallest absolute Gasteiger partial charge is 0.133 e. The van der Waals surface area contributed by atoms with Crippen LogP contribution in [0.15, 0.2) is 22.7 Å². The SMILES string of the molecule is CCc1ccc(C(O)Cc2cn(C)nn2)o1. The van der Waals surface area contributed by atoms with E-state index < -0.39 is 6.10 Å². The van der Waals surface area contributed by atoms with E-state index in [9.17, 15) is 5.11 Å². The van der Waals surface area contributed by atoms with Crippen LogP contribution in [0.4, 0.5) is 0 Å². The molecule has 2 aromatic rings. The van der Waals surface area contributed by atoms with Crippen LogP contribution in [0.3, 0.4) is 0 Å². The molecule has 0 aliphatic heterocycles. The Bertz CT molecular complexity index is 461. The summed E-state index contributed by atoms with van der Waals surface area (Å²) >= 11 is 0. The predicted octanol–water partition coefficient (Wildman–Crippen LogP) is 1.25. The molecule has 0 saturated heterocycles. The van der Waals surface area contributed by atoms with Gasteiger partial charge in [0, 0.05) is 26.1 Å². The maximum absolute atomic E-state index is 9.92. The van der Waals surface area contributed by atoms with Crippen molar-refractivity contribution in [1.82, 2.24) is 15.0 Å². The average Bonchev–Trinajstić information content (AvgIpc) is 2.87. The zero-order valence-electron chi connectivity index (χ0n) is 9.42.